The van der Waals surface area contributed by atoms with Crippen molar-refractivity contribution in [3.63, 3.8) is 0 Å². The molecule has 2 aromatic carbocycles. The van der Waals surface area contributed by atoms with Crippen LogP contribution in [-0.4, -0.2) is 25.0 Å². The lowest BCUT2D eigenvalue weighted by atomic mass is 10.1. The van der Waals surface area contributed by atoms with Crippen LogP contribution in [0.4, 0.5) is 5.69 Å². The number of anilines is 1. The van der Waals surface area contributed by atoms with Crippen molar-refractivity contribution in [3.8, 4) is 5.75 Å². The van der Waals surface area contributed by atoms with Gasteiger partial charge in [-0.2, -0.15) is 0 Å². The topological polar surface area (TPSA) is 58.6 Å². The van der Waals surface area contributed by atoms with Crippen LogP contribution in [0.25, 0.3) is 0 Å². The van der Waals surface area contributed by atoms with Gasteiger partial charge in [-0.05, 0) is 42.3 Å². The number of ether oxygens (including phenoxy) is 1. The van der Waals surface area contributed by atoms with E-state index in [4.69, 9.17) is 16.3 Å². The fourth-order valence-corrected chi connectivity index (χ4v) is 2.79. The molecule has 6 heteroatoms. The van der Waals surface area contributed by atoms with Crippen molar-refractivity contribution in [1.82, 2.24) is 5.32 Å². The Morgan fingerprint density at radius 2 is 2.00 bits per heavy atom. The second-order valence-corrected chi connectivity index (χ2v) is 6.39. The molecule has 5 nitrogen and oxygen atoms in total. The molecule has 2 aromatic rings. The van der Waals surface area contributed by atoms with Gasteiger partial charge in [0.1, 0.15) is 5.75 Å². The van der Waals surface area contributed by atoms with Gasteiger partial charge in [-0.15, -0.1) is 0 Å². The van der Waals surface area contributed by atoms with E-state index in [1.807, 2.05) is 37.3 Å². The third kappa shape index (κ3) is 4.31. The standard InChI is InChI=1S/C19H19ClN2O3/c1-13-2-7-17-16(10-13)22(19(24)12-25-17)9-8-18(23)21-11-14-3-5-15(20)6-4-14/h2-7,10H,8-9,11-12H2,1H3,(H,21,23). The molecule has 0 aliphatic carbocycles. The Balaban J connectivity index is 1.57. The molecule has 0 radical (unpaired) electrons. The lowest BCUT2D eigenvalue weighted by molar-refractivity contribution is -0.122. The second-order valence-electron chi connectivity index (χ2n) is 5.96. The number of carbonyl (C=O) groups excluding carboxylic acids is 2. The molecular weight excluding hydrogens is 340 g/mol. The molecule has 1 aliphatic heterocycles. The van der Waals surface area contributed by atoms with Crippen LogP contribution in [0.1, 0.15) is 17.5 Å². The molecule has 0 unspecified atom stereocenters. The Kier molecular flexibility index (Phi) is 5.24. The van der Waals surface area contributed by atoms with Crippen molar-refractivity contribution in [3.05, 3.63) is 58.6 Å². The summed E-state index contributed by atoms with van der Waals surface area (Å²) in [5.74, 6) is 0.429. The average Bonchev–Trinajstić information content (AvgIpc) is 2.60. The first-order valence-corrected chi connectivity index (χ1v) is 8.46. The molecule has 0 atom stereocenters. The third-order valence-electron chi connectivity index (χ3n) is 4.02. The number of fused-ring (bicyclic) bond motifs is 1. The Morgan fingerprint density at radius 1 is 1.24 bits per heavy atom. The maximum Gasteiger partial charge on any atom is 0.265 e. The molecule has 0 aromatic heterocycles. The zero-order valence-corrected chi connectivity index (χ0v) is 14.7. The van der Waals surface area contributed by atoms with Crippen LogP contribution in [0.3, 0.4) is 0 Å². The lowest BCUT2D eigenvalue weighted by Crippen LogP contribution is -2.41. The van der Waals surface area contributed by atoms with Crippen LogP contribution in [0.2, 0.25) is 5.02 Å². The number of nitrogens with one attached hydrogen (secondary N) is 1. The minimum atomic E-state index is -0.136. The predicted molar refractivity (Wildman–Crippen MR) is 96.9 cm³/mol. The first kappa shape index (κ1) is 17.3. The van der Waals surface area contributed by atoms with Gasteiger partial charge in [-0.25, -0.2) is 0 Å². The third-order valence-corrected chi connectivity index (χ3v) is 4.27. The fraction of sp³-hybridized carbons (Fsp3) is 0.263. The van der Waals surface area contributed by atoms with E-state index < -0.39 is 0 Å². The molecule has 0 bridgehead atoms. The fourth-order valence-electron chi connectivity index (χ4n) is 2.66. The quantitative estimate of drug-likeness (QED) is 0.893. The molecule has 130 valence electrons. The highest BCUT2D eigenvalue weighted by atomic mass is 35.5. The molecule has 3 rings (SSSR count). The maximum atomic E-state index is 12.1. The lowest BCUT2D eigenvalue weighted by Gasteiger charge is -2.29. The summed E-state index contributed by atoms with van der Waals surface area (Å²) in [6.45, 7) is 2.71. The van der Waals surface area contributed by atoms with E-state index in [2.05, 4.69) is 5.32 Å². The van der Waals surface area contributed by atoms with Gasteiger partial charge in [0.05, 0.1) is 5.69 Å². The Morgan fingerprint density at radius 3 is 2.76 bits per heavy atom. The van der Waals surface area contributed by atoms with Crippen molar-refractivity contribution in [2.24, 2.45) is 0 Å². The normalized spacial score (nSPS) is 13.2. The number of hydrogen-bond acceptors (Lipinski definition) is 3. The Labute approximate surface area is 151 Å². The number of halogens is 1. The highest BCUT2D eigenvalue weighted by Crippen LogP contribution is 2.32. The van der Waals surface area contributed by atoms with E-state index in [0.717, 1.165) is 16.8 Å². The van der Waals surface area contributed by atoms with Gasteiger partial charge in [-0.1, -0.05) is 29.8 Å². The number of nitrogens with zero attached hydrogens (tertiary/aromatic N) is 1. The van der Waals surface area contributed by atoms with Crippen LogP contribution in [-0.2, 0) is 16.1 Å². The van der Waals surface area contributed by atoms with Gasteiger partial charge in [0, 0.05) is 24.5 Å². The smallest absolute Gasteiger partial charge is 0.265 e. The molecule has 0 saturated carbocycles. The van der Waals surface area contributed by atoms with Crippen molar-refractivity contribution < 1.29 is 14.3 Å². The van der Waals surface area contributed by atoms with Gasteiger partial charge >= 0.3 is 0 Å². The van der Waals surface area contributed by atoms with Crippen LogP contribution in [0.15, 0.2) is 42.5 Å². The van der Waals surface area contributed by atoms with Crippen LogP contribution >= 0.6 is 11.6 Å². The molecular formula is C19H19ClN2O3. The molecule has 2 amide bonds. The van der Waals surface area contributed by atoms with E-state index in [1.165, 1.54) is 0 Å². The van der Waals surface area contributed by atoms with Gasteiger partial charge in [0.15, 0.2) is 6.61 Å². The highest BCUT2D eigenvalue weighted by Gasteiger charge is 2.25. The van der Waals surface area contributed by atoms with E-state index in [1.54, 1.807) is 17.0 Å². The molecule has 0 spiro atoms. The minimum absolute atomic E-state index is 0.00244. The number of amides is 2. The van der Waals surface area contributed by atoms with Crippen LogP contribution in [0, 0.1) is 6.92 Å². The van der Waals surface area contributed by atoms with Gasteiger partial charge in [0.2, 0.25) is 5.91 Å². The Hall–Kier alpha value is -2.53. The zero-order valence-electron chi connectivity index (χ0n) is 13.9. The number of carbonyl (C=O) groups is 2. The molecule has 1 N–H and O–H groups in total. The summed E-state index contributed by atoms with van der Waals surface area (Å²) < 4.78 is 5.44. The van der Waals surface area contributed by atoms with E-state index in [-0.39, 0.29) is 24.8 Å². The summed E-state index contributed by atoms with van der Waals surface area (Å²) in [6, 6.07) is 13.0. The SMILES string of the molecule is Cc1ccc2c(c1)N(CCC(=O)NCc1ccc(Cl)cc1)C(=O)CO2. The summed E-state index contributed by atoms with van der Waals surface area (Å²) in [5, 5.41) is 3.52. The first-order chi connectivity index (χ1) is 12.0. The van der Waals surface area contributed by atoms with E-state index in [0.29, 0.717) is 23.9 Å². The van der Waals surface area contributed by atoms with Gasteiger partial charge in [-0.3, -0.25) is 9.59 Å². The number of hydrogen-bond donors (Lipinski definition) is 1. The van der Waals surface area contributed by atoms with Crippen molar-refractivity contribution in [1.29, 1.82) is 0 Å². The predicted octanol–water partition coefficient (Wildman–Crippen LogP) is 3.08. The second kappa shape index (κ2) is 7.57. The largest absolute Gasteiger partial charge is 0.482 e. The summed E-state index contributed by atoms with van der Waals surface area (Å²) in [4.78, 5) is 25.9. The number of aryl methyl sites for hydroxylation is 1. The maximum absolute atomic E-state index is 12.1. The van der Waals surface area contributed by atoms with Crippen LogP contribution in [0.5, 0.6) is 5.75 Å². The molecule has 0 fully saturated rings. The molecule has 0 saturated heterocycles. The zero-order chi connectivity index (χ0) is 17.8. The summed E-state index contributed by atoms with van der Waals surface area (Å²) in [6.07, 6.45) is 0.229. The molecule has 25 heavy (non-hydrogen) atoms. The van der Waals surface area contributed by atoms with E-state index in [9.17, 15) is 9.59 Å². The molecule has 1 aliphatic rings. The monoisotopic (exact) mass is 358 g/mol. The van der Waals surface area contributed by atoms with Crippen LogP contribution < -0.4 is 15.0 Å². The van der Waals surface area contributed by atoms with Gasteiger partial charge in [0.25, 0.3) is 5.91 Å². The number of benzene rings is 2. The highest BCUT2D eigenvalue weighted by molar-refractivity contribution is 6.30. The van der Waals surface area contributed by atoms with Crippen molar-refractivity contribution in [2.45, 2.75) is 19.9 Å². The van der Waals surface area contributed by atoms with E-state index >= 15 is 0 Å². The average molecular weight is 359 g/mol. The summed E-state index contributed by atoms with van der Waals surface area (Å²) in [7, 11) is 0. The van der Waals surface area contributed by atoms with Crippen molar-refractivity contribution in [2.75, 3.05) is 18.1 Å². The first-order valence-electron chi connectivity index (χ1n) is 8.08. The minimum Gasteiger partial charge on any atom is -0.482 e. The molecule has 1 heterocycles. The number of rotatable bonds is 5. The van der Waals surface area contributed by atoms with Crippen molar-refractivity contribution >= 4 is 29.1 Å². The summed E-state index contributed by atoms with van der Waals surface area (Å²) >= 11 is 5.84. The Bertz CT molecular complexity index is 790. The summed E-state index contributed by atoms with van der Waals surface area (Å²) in [5.41, 5.74) is 2.73. The van der Waals surface area contributed by atoms with Gasteiger partial charge < -0.3 is 15.0 Å².